The molecule has 0 aliphatic carbocycles. The molecule has 0 saturated heterocycles. The van der Waals surface area contributed by atoms with Crippen molar-refractivity contribution in [3.8, 4) is 11.8 Å². The highest BCUT2D eigenvalue weighted by Gasteiger charge is 2.03. The van der Waals surface area contributed by atoms with E-state index in [9.17, 15) is 0 Å². The normalized spacial score (nSPS) is 11.7. The van der Waals surface area contributed by atoms with Crippen molar-refractivity contribution in [1.29, 1.82) is 0 Å². The van der Waals surface area contributed by atoms with Gasteiger partial charge in [-0.2, -0.15) is 0 Å². The van der Waals surface area contributed by atoms with E-state index in [0.29, 0.717) is 16.0 Å². The third kappa shape index (κ3) is 4.16. The van der Waals surface area contributed by atoms with E-state index in [1.165, 1.54) is 5.56 Å². The van der Waals surface area contributed by atoms with Gasteiger partial charge in [-0.1, -0.05) is 49.0 Å². The molecule has 0 amide bonds. The summed E-state index contributed by atoms with van der Waals surface area (Å²) in [4.78, 5) is 0. The van der Waals surface area contributed by atoms with Gasteiger partial charge in [-0.15, -0.1) is 5.92 Å². The predicted octanol–water partition coefficient (Wildman–Crippen LogP) is 4.59. The summed E-state index contributed by atoms with van der Waals surface area (Å²) in [6.07, 6.45) is 1.83. The van der Waals surface area contributed by atoms with Gasteiger partial charge in [0, 0.05) is 12.3 Å². The molecule has 80 valence electrons. The Balaban J connectivity index is 2.68. The summed E-state index contributed by atoms with van der Waals surface area (Å²) in [6, 6.07) is 5.74. The molecule has 2 heteroatoms. The Kier molecular flexibility index (Phi) is 5.02. The van der Waals surface area contributed by atoms with Gasteiger partial charge in [-0.05, 0) is 24.1 Å². The summed E-state index contributed by atoms with van der Waals surface area (Å²) in [7, 11) is 0. The zero-order chi connectivity index (χ0) is 11.3. The third-order valence-corrected chi connectivity index (χ3v) is 2.79. The fourth-order valence-electron chi connectivity index (χ4n) is 1.35. The van der Waals surface area contributed by atoms with Crippen LogP contribution in [0.4, 0.5) is 0 Å². The number of benzene rings is 1. The SMILES string of the molecule is CCC#CC(C)Cc1ccc(Cl)c(Cl)c1. The molecule has 0 aromatic heterocycles. The third-order valence-electron chi connectivity index (χ3n) is 2.05. The summed E-state index contributed by atoms with van der Waals surface area (Å²) in [5.74, 6) is 6.64. The van der Waals surface area contributed by atoms with Gasteiger partial charge in [0.15, 0.2) is 0 Å². The molecule has 0 N–H and O–H groups in total. The fraction of sp³-hybridized carbons (Fsp3) is 0.385. The second kappa shape index (κ2) is 6.05. The average molecular weight is 241 g/mol. The van der Waals surface area contributed by atoms with Crippen molar-refractivity contribution >= 4 is 23.2 Å². The smallest absolute Gasteiger partial charge is 0.0595 e. The predicted molar refractivity (Wildman–Crippen MR) is 67.4 cm³/mol. The van der Waals surface area contributed by atoms with Crippen LogP contribution < -0.4 is 0 Å². The number of halogens is 2. The zero-order valence-corrected chi connectivity index (χ0v) is 10.5. The second-order valence-electron chi connectivity index (χ2n) is 3.53. The minimum absolute atomic E-state index is 0.363. The topological polar surface area (TPSA) is 0 Å². The van der Waals surface area contributed by atoms with Crippen LogP contribution in [0.1, 0.15) is 25.8 Å². The quantitative estimate of drug-likeness (QED) is 0.664. The molecule has 0 aliphatic heterocycles. The second-order valence-corrected chi connectivity index (χ2v) is 4.34. The highest BCUT2D eigenvalue weighted by atomic mass is 35.5. The van der Waals surface area contributed by atoms with Gasteiger partial charge >= 0.3 is 0 Å². The maximum Gasteiger partial charge on any atom is 0.0595 e. The molecule has 1 unspecified atom stereocenters. The summed E-state index contributed by atoms with van der Waals surface area (Å²) in [5.41, 5.74) is 1.18. The van der Waals surface area contributed by atoms with Gasteiger partial charge in [0.05, 0.1) is 10.0 Å². The number of rotatable bonds is 2. The maximum absolute atomic E-state index is 5.93. The summed E-state index contributed by atoms with van der Waals surface area (Å²) < 4.78 is 0. The molecule has 1 aromatic carbocycles. The molecule has 0 spiro atoms. The summed E-state index contributed by atoms with van der Waals surface area (Å²) >= 11 is 11.8. The molecule has 0 fully saturated rings. The monoisotopic (exact) mass is 240 g/mol. The van der Waals surface area contributed by atoms with E-state index in [2.05, 4.69) is 25.7 Å². The fourth-order valence-corrected chi connectivity index (χ4v) is 1.67. The Bertz CT molecular complexity index is 385. The van der Waals surface area contributed by atoms with Crippen LogP contribution in [0.5, 0.6) is 0 Å². The first-order valence-electron chi connectivity index (χ1n) is 5.05. The van der Waals surface area contributed by atoms with Gasteiger partial charge in [0.25, 0.3) is 0 Å². The number of hydrogen-bond acceptors (Lipinski definition) is 0. The Morgan fingerprint density at radius 1 is 1.27 bits per heavy atom. The van der Waals surface area contributed by atoms with E-state index in [0.717, 1.165) is 12.8 Å². The Morgan fingerprint density at radius 3 is 2.60 bits per heavy atom. The van der Waals surface area contributed by atoms with Crippen molar-refractivity contribution in [2.24, 2.45) is 5.92 Å². The lowest BCUT2D eigenvalue weighted by Crippen LogP contribution is -1.96. The van der Waals surface area contributed by atoms with E-state index >= 15 is 0 Å². The molecule has 0 saturated carbocycles. The van der Waals surface area contributed by atoms with Gasteiger partial charge in [-0.3, -0.25) is 0 Å². The largest absolute Gasteiger partial charge is 0.103 e. The first-order valence-corrected chi connectivity index (χ1v) is 5.81. The van der Waals surface area contributed by atoms with Crippen molar-refractivity contribution in [3.63, 3.8) is 0 Å². The molecule has 0 nitrogen and oxygen atoms in total. The minimum Gasteiger partial charge on any atom is -0.103 e. The summed E-state index contributed by atoms with van der Waals surface area (Å²) in [6.45, 7) is 4.17. The van der Waals surface area contributed by atoms with Gasteiger partial charge in [-0.25, -0.2) is 0 Å². The lowest BCUT2D eigenvalue weighted by Gasteiger charge is -2.05. The minimum atomic E-state index is 0.363. The Labute approximate surface area is 102 Å². The van der Waals surface area contributed by atoms with Crippen molar-refractivity contribution in [1.82, 2.24) is 0 Å². The van der Waals surface area contributed by atoms with E-state index in [1.54, 1.807) is 0 Å². The molecular weight excluding hydrogens is 227 g/mol. The molecule has 0 radical (unpaired) electrons. The lowest BCUT2D eigenvalue weighted by atomic mass is 10.0. The van der Waals surface area contributed by atoms with Crippen molar-refractivity contribution in [3.05, 3.63) is 33.8 Å². The van der Waals surface area contributed by atoms with Crippen LogP contribution >= 0.6 is 23.2 Å². The van der Waals surface area contributed by atoms with Crippen LogP contribution in [0.25, 0.3) is 0 Å². The Hall–Kier alpha value is -0.640. The van der Waals surface area contributed by atoms with Crippen LogP contribution in [0.2, 0.25) is 10.0 Å². The molecular formula is C13H14Cl2. The molecule has 0 heterocycles. The van der Waals surface area contributed by atoms with Crippen LogP contribution in [-0.4, -0.2) is 0 Å². The van der Waals surface area contributed by atoms with E-state index < -0.39 is 0 Å². The van der Waals surface area contributed by atoms with E-state index in [1.807, 2.05) is 18.2 Å². The summed E-state index contributed by atoms with van der Waals surface area (Å²) in [5, 5.41) is 1.22. The van der Waals surface area contributed by atoms with Crippen molar-refractivity contribution < 1.29 is 0 Å². The van der Waals surface area contributed by atoms with E-state index in [4.69, 9.17) is 23.2 Å². The molecule has 0 aliphatic rings. The van der Waals surface area contributed by atoms with Crippen LogP contribution in [0.3, 0.4) is 0 Å². The van der Waals surface area contributed by atoms with Crippen LogP contribution in [0.15, 0.2) is 18.2 Å². The first kappa shape index (κ1) is 12.4. The highest BCUT2D eigenvalue weighted by Crippen LogP contribution is 2.23. The van der Waals surface area contributed by atoms with E-state index in [-0.39, 0.29) is 0 Å². The van der Waals surface area contributed by atoms with Crippen molar-refractivity contribution in [2.75, 3.05) is 0 Å². The van der Waals surface area contributed by atoms with Gasteiger partial charge in [0.1, 0.15) is 0 Å². The first-order chi connectivity index (χ1) is 7.13. The molecule has 1 atom stereocenters. The average Bonchev–Trinajstić information content (AvgIpc) is 2.20. The van der Waals surface area contributed by atoms with Crippen LogP contribution in [0, 0.1) is 17.8 Å². The molecule has 15 heavy (non-hydrogen) atoms. The van der Waals surface area contributed by atoms with Gasteiger partial charge < -0.3 is 0 Å². The standard InChI is InChI=1S/C13H14Cl2/c1-3-4-5-10(2)8-11-6-7-12(14)13(15)9-11/h6-7,9-10H,3,8H2,1-2H3. The Morgan fingerprint density at radius 2 is 2.00 bits per heavy atom. The zero-order valence-electron chi connectivity index (χ0n) is 8.98. The number of hydrogen-bond donors (Lipinski definition) is 0. The lowest BCUT2D eigenvalue weighted by molar-refractivity contribution is 0.749. The molecule has 1 rings (SSSR count). The van der Waals surface area contributed by atoms with Crippen molar-refractivity contribution in [2.45, 2.75) is 26.7 Å². The van der Waals surface area contributed by atoms with Crippen LogP contribution in [-0.2, 0) is 6.42 Å². The highest BCUT2D eigenvalue weighted by molar-refractivity contribution is 6.42. The van der Waals surface area contributed by atoms with Gasteiger partial charge in [0.2, 0.25) is 0 Å². The molecule has 1 aromatic rings. The maximum atomic E-state index is 5.93. The molecule has 0 bridgehead atoms.